The number of hydrogen-bond acceptors (Lipinski definition) is 0. The van der Waals surface area contributed by atoms with Gasteiger partial charge in [-0.25, -0.2) is 0 Å². The normalized spacial score (nSPS) is 0. The number of hydrogen-bond donors (Lipinski definition) is 0. The summed E-state index contributed by atoms with van der Waals surface area (Å²) in [5.41, 5.74) is 0. The second-order valence-corrected chi connectivity index (χ2v) is 0. The van der Waals surface area contributed by atoms with E-state index in [0.717, 1.165) is 0 Å². The Balaban J connectivity index is 0. The average Bonchev–Trinajstić information content (AvgIpc) is 0. The van der Waals surface area contributed by atoms with Crippen LogP contribution in [-0.4, -0.2) is 8.41 Å². The minimum Gasteiger partial charge on any atom is -0.197 e. The van der Waals surface area contributed by atoms with Crippen molar-refractivity contribution < 1.29 is 40.5 Å². The summed E-state index contributed by atoms with van der Waals surface area (Å²) in [5, 5.41) is 0. The van der Waals surface area contributed by atoms with Gasteiger partial charge in [0.1, 0.15) is 0 Å². The Morgan fingerprint density at radius 3 is 1.00 bits per heavy atom. The van der Waals surface area contributed by atoms with E-state index in [1.54, 1.807) is 0 Å². The molecule has 0 aliphatic carbocycles. The van der Waals surface area contributed by atoms with Crippen molar-refractivity contribution in [2.75, 3.05) is 0 Å². The first-order chi connectivity index (χ1) is 0. The van der Waals surface area contributed by atoms with Gasteiger partial charge in [-0.05, 0) is 0 Å². The van der Waals surface area contributed by atoms with Gasteiger partial charge in [0.25, 0.3) is 0 Å². The van der Waals surface area contributed by atoms with Crippen molar-refractivity contribution in [2.45, 2.75) is 0 Å². The molecule has 0 atom stereocenters. The molecular weight excluding hydrogens is 204 g/mol. The molecule has 0 aliphatic heterocycles. The van der Waals surface area contributed by atoms with Crippen molar-refractivity contribution in [1.29, 1.82) is 0 Å². The van der Waals surface area contributed by atoms with Crippen LogP contribution in [0.2, 0.25) is 0 Å². The van der Waals surface area contributed by atoms with Crippen LogP contribution in [0.1, 0.15) is 0 Å². The molecular formula is H2BMoSZn. The molecule has 0 fully saturated rings. The molecule has 3 radical (unpaired) electrons. The summed E-state index contributed by atoms with van der Waals surface area (Å²) in [5.74, 6) is 0. The molecule has 0 saturated heterocycles. The van der Waals surface area contributed by atoms with Crippen LogP contribution >= 0.6 is 13.5 Å². The summed E-state index contributed by atoms with van der Waals surface area (Å²) >= 11 is 0. The molecule has 0 aromatic carbocycles. The third-order valence-electron chi connectivity index (χ3n) is 0. The Kier molecular flexibility index (Phi) is 236. The van der Waals surface area contributed by atoms with Crippen molar-refractivity contribution >= 4 is 21.9 Å². The Bertz CT molecular complexity index is 8.00. The molecule has 4 heteroatoms. The van der Waals surface area contributed by atoms with Crippen LogP contribution in [0.5, 0.6) is 0 Å². The van der Waals surface area contributed by atoms with Crippen LogP contribution in [0.25, 0.3) is 0 Å². The SMILES string of the molecule is S.[B].[Mo].[Zn]. The molecule has 0 amide bonds. The van der Waals surface area contributed by atoms with Crippen LogP contribution in [0.4, 0.5) is 0 Å². The summed E-state index contributed by atoms with van der Waals surface area (Å²) in [7, 11) is 0. The van der Waals surface area contributed by atoms with Crippen LogP contribution in [0, 0.1) is 0 Å². The third kappa shape index (κ3) is 9.29. The Labute approximate surface area is 62.2 Å². The first kappa shape index (κ1) is 42.9. The van der Waals surface area contributed by atoms with E-state index in [-0.39, 0.29) is 62.5 Å². The van der Waals surface area contributed by atoms with Gasteiger partial charge in [-0.15, -0.1) is 0 Å². The summed E-state index contributed by atoms with van der Waals surface area (Å²) in [6.45, 7) is 0. The molecule has 0 spiro atoms. The summed E-state index contributed by atoms with van der Waals surface area (Å²) in [6.07, 6.45) is 0. The van der Waals surface area contributed by atoms with Crippen molar-refractivity contribution in [3.05, 3.63) is 0 Å². The van der Waals surface area contributed by atoms with Gasteiger partial charge in [0, 0.05) is 49.0 Å². The van der Waals surface area contributed by atoms with Gasteiger partial charge in [0.15, 0.2) is 0 Å². The molecule has 0 aliphatic rings. The Morgan fingerprint density at radius 2 is 1.00 bits per heavy atom. The van der Waals surface area contributed by atoms with E-state index < -0.39 is 0 Å². The molecule has 0 saturated carbocycles. The van der Waals surface area contributed by atoms with Crippen molar-refractivity contribution in [2.24, 2.45) is 0 Å². The third-order valence-corrected chi connectivity index (χ3v) is 0. The molecule has 0 aromatic rings. The monoisotopic (exact) mass is 207 g/mol. The van der Waals surface area contributed by atoms with Gasteiger partial charge in [-0.3, -0.25) is 0 Å². The van der Waals surface area contributed by atoms with Gasteiger partial charge >= 0.3 is 0 Å². The van der Waals surface area contributed by atoms with E-state index in [1.807, 2.05) is 0 Å². The molecule has 0 nitrogen and oxygen atoms in total. The Morgan fingerprint density at radius 1 is 1.00 bits per heavy atom. The smallest absolute Gasteiger partial charge is 0 e. The quantitative estimate of drug-likeness (QED) is 0.478. The van der Waals surface area contributed by atoms with E-state index >= 15 is 0 Å². The maximum Gasteiger partial charge on any atom is 0 e. The molecule has 0 heterocycles. The fourth-order valence-electron chi connectivity index (χ4n) is 0. The average molecular weight is 206 g/mol. The van der Waals surface area contributed by atoms with Crippen LogP contribution in [0.15, 0.2) is 0 Å². The Hall–Kier alpha value is 1.73. The van der Waals surface area contributed by atoms with E-state index in [4.69, 9.17) is 0 Å². The topological polar surface area (TPSA) is 0 Å². The standard InChI is InChI=1S/B.Mo.H2S.Zn/h;;1H2;. The maximum absolute atomic E-state index is 0. The first-order valence-electron chi connectivity index (χ1n) is 0. The van der Waals surface area contributed by atoms with E-state index in [1.165, 1.54) is 0 Å². The minimum atomic E-state index is 0. The van der Waals surface area contributed by atoms with E-state index in [0.29, 0.717) is 0 Å². The fraction of sp³-hybridized carbons (Fsp3) is 0. The molecule has 19 valence electrons. The zero-order valence-electron chi connectivity index (χ0n) is 2.19. The van der Waals surface area contributed by atoms with E-state index in [2.05, 4.69) is 0 Å². The first-order valence-corrected chi connectivity index (χ1v) is 0. The second kappa shape index (κ2) is 22.0. The van der Waals surface area contributed by atoms with Crippen LogP contribution in [-0.2, 0) is 40.5 Å². The molecule has 0 unspecified atom stereocenters. The van der Waals surface area contributed by atoms with Crippen LogP contribution in [0.3, 0.4) is 0 Å². The van der Waals surface area contributed by atoms with Gasteiger partial charge in [-0.1, -0.05) is 0 Å². The molecule has 0 aromatic heterocycles. The molecule has 0 rings (SSSR count). The van der Waals surface area contributed by atoms with Crippen molar-refractivity contribution in [3.8, 4) is 0 Å². The van der Waals surface area contributed by atoms with Crippen molar-refractivity contribution in [3.63, 3.8) is 0 Å². The largest absolute Gasteiger partial charge is 0.197 e. The van der Waals surface area contributed by atoms with E-state index in [9.17, 15) is 0 Å². The minimum absolute atomic E-state index is 0. The summed E-state index contributed by atoms with van der Waals surface area (Å²) in [6, 6.07) is 0. The van der Waals surface area contributed by atoms with Gasteiger partial charge in [0.2, 0.25) is 0 Å². The second-order valence-electron chi connectivity index (χ2n) is 0. The number of rotatable bonds is 0. The predicted molar refractivity (Wildman–Crippen MR) is 16.1 cm³/mol. The summed E-state index contributed by atoms with van der Waals surface area (Å²) < 4.78 is 0. The zero-order chi connectivity index (χ0) is 0. The molecule has 0 bridgehead atoms. The zero-order valence-corrected chi connectivity index (χ0v) is 8.17. The van der Waals surface area contributed by atoms with Gasteiger partial charge in [0.05, 0.1) is 0 Å². The summed E-state index contributed by atoms with van der Waals surface area (Å²) in [4.78, 5) is 0. The maximum atomic E-state index is 0. The molecule has 0 N–H and O–H groups in total. The predicted octanol–water partition coefficient (Wildman–Crippen LogP) is -0.273. The van der Waals surface area contributed by atoms with Gasteiger partial charge in [-0.2, -0.15) is 13.5 Å². The molecule has 4 heavy (non-hydrogen) atoms. The van der Waals surface area contributed by atoms with Crippen LogP contribution < -0.4 is 0 Å². The van der Waals surface area contributed by atoms with Gasteiger partial charge < -0.3 is 0 Å². The fourth-order valence-corrected chi connectivity index (χ4v) is 0. The van der Waals surface area contributed by atoms with Crippen molar-refractivity contribution in [1.82, 2.24) is 0 Å².